The second-order valence-corrected chi connectivity index (χ2v) is 8.83. The monoisotopic (exact) mass is 367 g/mol. The summed E-state index contributed by atoms with van der Waals surface area (Å²) in [7, 11) is 3.10. The summed E-state index contributed by atoms with van der Waals surface area (Å²) in [6, 6.07) is 0.363. The van der Waals surface area contributed by atoms with E-state index in [1.54, 1.807) is 7.05 Å². The van der Waals surface area contributed by atoms with E-state index < -0.39 is 10.8 Å². The van der Waals surface area contributed by atoms with Gasteiger partial charge in [0.25, 0.3) is 0 Å². The van der Waals surface area contributed by atoms with Gasteiger partial charge in [-0.15, -0.1) is 0 Å². The molecule has 0 spiro atoms. The third-order valence-electron chi connectivity index (χ3n) is 5.17. The summed E-state index contributed by atoms with van der Waals surface area (Å²) in [5.74, 6) is 1.60. The Hall–Kier alpha value is -1.37. The number of nitrogens with zero attached hydrogens (tertiary/aromatic N) is 3. The minimum atomic E-state index is -0.694. The number of guanidine groups is 1. The summed E-state index contributed by atoms with van der Waals surface area (Å²) in [6.45, 7) is 7.00. The van der Waals surface area contributed by atoms with Crippen molar-refractivity contribution >= 4 is 16.8 Å². The summed E-state index contributed by atoms with van der Waals surface area (Å²) in [6.07, 6.45) is 5.25. The van der Waals surface area contributed by atoms with Crippen LogP contribution in [-0.2, 0) is 24.3 Å². The zero-order valence-electron chi connectivity index (χ0n) is 16.3. The summed E-state index contributed by atoms with van der Waals surface area (Å²) >= 11 is 0. The van der Waals surface area contributed by atoms with Crippen LogP contribution >= 0.6 is 0 Å². The van der Waals surface area contributed by atoms with Crippen molar-refractivity contribution in [2.24, 2.45) is 12.0 Å². The number of aromatic nitrogens is 2. The highest BCUT2D eigenvalue weighted by atomic mass is 32.2. The first-order valence-corrected chi connectivity index (χ1v) is 10.7. The van der Waals surface area contributed by atoms with Crippen LogP contribution in [0.25, 0.3) is 0 Å². The maximum Gasteiger partial charge on any atom is 0.191 e. The van der Waals surface area contributed by atoms with Gasteiger partial charge in [-0.3, -0.25) is 13.9 Å². The Labute approximate surface area is 154 Å². The van der Waals surface area contributed by atoms with Crippen molar-refractivity contribution in [3.8, 4) is 0 Å². The highest BCUT2D eigenvalue weighted by Crippen LogP contribution is 2.23. The lowest BCUT2D eigenvalue weighted by atomic mass is 9.95. The fourth-order valence-electron chi connectivity index (χ4n) is 3.62. The van der Waals surface area contributed by atoms with Gasteiger partial charge in [0.1, 0.15) is 0 Å². The summed E-state index contributed by atoms with van der Waals surface area (Å²) in [5.41, 5.74) is 3.63. The van der Waals surface area contributed by atoms with Crippen molar-refractivity contribution in [1.82, 2.24) is 20.4 Å². The Balaban J connectivity index is 1.83. The van der Waals surface area contributed by atoms with E-state index >= 15 is 0 Å². The van der Waals surface area contributed by atoms with Gasteiger partial charge in [-0.2, -0.15) is 5.10 Å². The quantitative estimate of drug-likeness (QED) is 0.594. The topological polar surface area (TPSA) is 71.3 Å². The van der Waals surface area contributed by atoms with E-state index in [-0.39, 0.29) is 0 Å². The van der Waals surface area contributed by atoms with Crippen LogP contribution in [0.5, 0.6) is 0 Å². The highest BCUT2D eigenvalue weighted by molar-refractivity contribution is 7.85. The number of rotatable bonds is 6. The number of hydrogen-bond donors (Lipinski definition) is 2. The normalized spacial score (nSPS) is 22.7. The van der Waals surface area contributed by atoms with Gasteiger partial charge in [0.2, 0.25) is 0 Å². The Morgan fingerprint density at radius 2 is 2.16 bits per heavy atom. The lowest BCUT2D eigenvalue weighted by Crippen LogP contribution is -2.47. The van der Waals surface area contributed by atoms with Crippen LogP contribution in [0.2, 0.25) is 0 Å². The molecule has 0 bridgehead atoms. The molecule has 0 radical (unpaired) electrons. The fourth-order valence-corrected chi connectivity index (χ4v) is 4.97. The zero-order chi connectivity index (χ0) is 18.4. The molecule has 2 rings (SSSR count). The Kier molecular flexibility index (Phi) is 7.47. The third kappa shape index (κ3) is 5.30. The zero-order valence-corrected chi connectivity index (χ0v) is 17.1. The van der Waals surface area contributed by atoms with Crippen molar-refractivity contribution in [2.75, 3.05) is 19.3 Å². The predicted molar refractivity (Wildman–Crippen MR) is 106 cm³/mol. The van der Waals surface area contributed by atoms with Crippen LogP contribution in [0.4, 0.5) is 0 Å². The van der Waals surface area contributed by atoms with Crippen molar-refractivity contribution in [3.63, 3.8) is 0 Å². The minimum absolute atomic E-state index is 0.329. The molecule has 0 amide bonds. The van der Waals surface area contributed by atoms with Crippen LogP contribution in [0.15, 0.2) is 4.99 Å². The summed E-state index contributed by atoms with van der Waals surface area (Å²) in [4.78, 5) is 4.35. The molecule has 0 aliphatic heterocycles. The number of hydrogen-bond acceptors (Lipinski definition) is 3. The summed E-state index contributed by atoms with van der Waals surface area (Å²) < 4.78 is 14.0. The second kappa shape index (κ2) is 9.36. The molecule has 7 heteroatoms. The van der Waals surface area contributed by atoms with E-state index in [0.29, 0.717) is 11.3 Å². The highest BCUT2D eigenvalue weighted by Gasteiger charge is 2.26. The molecule has 0 aromatic carbocycles. The molecule has 3 atom stereocenters. The van der Waals surface area contributed by atoms with Gasteiger partial charge >= 0.3 is 0 Å². The van der Waals surface area contributed by atoms with Gasteiger partial charge in [-0.25, -0.2) is 0 Å². The lowest BCUT2D eigenvalue weighted by Gasteiger charge is -2.30. The van der Waals surface area contributed by atoms with Crippen LogP contribution in [0.1, 0.15) is 49.6 Å². The molecule has 25 heavy (non-hydrogen) atoms. The standard InChI is InChI=1S/C18H33N5OS/c1-6-25(24)16-9-7-8-15(12-16)21-18(19-4)20-11-10-17-13(2)22-23(5)14(17)3/h15-16H,6-12H2,1-5H3,(H2,19,20,21). The molecule has 1 aromatic heterocycles. The molecule has 6 nitrogen and oxygen atoms in total. The first kappa shape index (κ1) is 19.9. The third-order valence-corrected chi connectivity index (χ3v) is 6.91. The lowest BCUT2D eigenvalue weighted by molar-refractivity contribution is 0.413. The van der Waals surface area contributed by atoms with Crippen LogP contribution in [0, 0.1) is 13.8 Å². The van der Waals surface area contributed by atoms with Gasteiger partial charge in [0, 0.05) is 54.2 Å². The van der Waals surface area contributed by atoms with Crippen molar-refractivity contribution in [2.45, 2.75) is 64.2 Å². The molecule has 2 N–H and O–H groups in total. The van der Waals surface area contributed by atoms with Crippen molar-refractivity contribution < 1.29 is 4.21 Å². The second-order valence-electron chi connectivity index (χ2n) is 6.82. The van der Waals surface area contributed by atoms with E-state index in [1.165, 1.54) is 11.3 Å². The van der Waals surface area contributed by atoms with Crippen molar-refractivity contribution in [3.05, 3.63) is 17.0 Å². The molecule has 1 aromatic rings. The average molecular weight is 368 g/mol. The molecule has 1 fully saturated rings. The Morgan fingerprint density at radius 1 is 1.40 bits per heavy atom. The maximum atomic E-state index is 12.1. The SMILES string of the molecule is CCS(=O)C1CCCC(NC(=NC)NCCc2c(C)nn(C)c2C)C1. The largest absolute Gasteiger partial charge is 0.356 e. The smallest absolute Gasteiger partial charge is 0.191 e. The van der Waals surface area contributed by atoms with Gasteiger partial charge in [-0.05, 0) is 45.1 Å². The molecule has 1 aliphatic carbocycles. The number of aryl methyl sites for hydroxylation is 2. The molecule has 1 aliphatic rings. The number of nitrogens with one attached hydrogen (secondary N) is 2. The van der Waals surface area contributed by atoms with Gasteiger partial charge in [-0.1, -0.05) is 13.3 Å². The summed E-state index contributed by atoms with van der Waals surface area (Å²) in [5, 5.41) is 11.7. The van der Waals surface area contributed by atoms with Crippen LogP contribution in [-0.4, -0.2) is 50.6 Å². The molecule has 0 saturated heterocycles. The molecule has 1 saturated carbocycles. The van der Waals surface area contributed by atoms with Gasteiger partial charge < -0.3 is 10.6 Å². The fraction of sp³-hybridized carbons (Fsp3) is 0.778. The minimum Gasteiger partial charge on any atom is -0.356 e. The van der Waals surface area contributed by atoms with E-state index in [4.69, 9.17) is 0 Å². The van der Waals surface area contributed by atoms with E-state index in [0.717, 1.165) is 56.1 Å². The Morgan fingerprint density at radius 3 is 2.76 bits per heavy atom. The molecular weight excluding hydrogens is 334 g/mol. The predicted octanol–water partition coefficient (Wildman–Crippen LogP) is 1.82. The maximum absolute atomic E-state index is 12.1. The first-order chi connectivity index (χ1) is 12.0. The molecule has 142 valence electrons. The molecule has 1 heterocycles. The van der Waals surface area contributed by atoms with Gasteiger partial charge in [0.15, 0.2) is 5.96 Å². The van der Waals surface area contributed by atoms with Crippen molar-refractivity contribution in [1.29, 1.82) is 0 Å². The first-order valence-electron chi connectivity index (χ1n) is 9.29. The van der Waals surface area contributed by atoms with Crippen LogP contribution in [0.3, 0.4) is 0 Å². The molecule has 3 unspecified atom stereocenters. The van der Waals surface area contributed by atoms with E-state index in [2.05, 4.69) is 34.6 Å². The average Bonchev–Trinajstić information content (AvgIpc) is 2.86. The van der Waals surface area contributed by atoms with E-state index in [1.807, 2.05) is 18.7 Å². The number of aliphatic imine (C=N–C) groups is 1. The molecular formula is C18H33N5OS. The van der Waals surface area contributed by atoms with Gasteiger partial charge in [0.05, 0.1) is 5.69 Å². The Bertz CT molecular complexity index is 625. The van der Waals surface area contributed by atoms with E-state index in [9.17, 15) is 4.21 Å². The van der Waals surface area contributed by atoms with Crippen LogP contribution < -0.4 is 10.6 Å².